The number of carbonyl (C=O) groups excluding carboxylic acids is 2. The van der Waals surface area contributed by atoms with Crippen LogP contribution in [0.4, 0.5) is 4.79 Å². The summed E-state index contributed by atoms with van der Waals surface area (Å²) in [6.07, 6.45) is 1.99. The van der Waals surface area contributed by atoms with Gasteiger partial charge < -0.3 is 30.8 Å². The Morgan fingerprint density at radius 1 is 0.973 bits per heavy atom. The average Bonchev–Trinajstić information content (AvgIpc) is 3.32. The molecular formula is C28H29BrN4O4. The van der Waals surface area contributed by atoms with Gasteiger partial charge in [0, 0.05) is 39.6 Å². The van der Waals surface area contributed by atoms with Gasteiger partial charge in [-0.2, -0.15) is 0 Å². The molecule has 192 valence electrons. The molecule has 0 radical (unpaired) electrons. The lowest BCUT2D eigenvalue weighted by Gasteiger charge is -2.23. The minimum Gasteiger partial charge on any atom is -0.493 e. The minimum absolute atomic E-state index is 0.0282. The van der Waals surface area contributed by atoms with E-state index in [2.05, 4.69) is 31.5 Å². The number of urea groups is 1. The highest BCUT2D eigenvalue weighted by Crippen LogP contribution is 2.40. The van der Waals surface area contributed by atoms with E-state index in [1.807, 2.05) is 72.9 Å². The summed E-state index contributed by atoms with van der Waals surface area (Å²) in [6.45, 7) is 0.299. The lowest BCUT2D eigenvalue weighted by atomic mass is 9.89. The van der Waals surface area contributed by atoms with E-state index in [4.69, 9.17) is 15.2 Å². The largest absolute Gasteiger partial charge is 0.493 e. The number of carbonyl (C=O) groups is 2. The molecule has 8 nitrogen and oxygen atoms in total. The van der Waals surface area contributed by atoms with E-state index in [0.717, 1.165) is 32.1 Å². The van der Waals surface area contributed by atoms with Crippen LogP contribution in [0.2, 0.25) is 0 Å². The Morgan fingerprint density at radius 3 is 2.43 bits per heavy atom. The van der Waals surface area contributed by atoms with E-state index in [1.54, 1.807) is 14.2 Å². The fourth-order valence-corrected chi connectivity index (χ4v) is 4.81. The van der Waals surface area contributed by atoms with Crippen molar-refractivity contribution in [2.75, 3.05) is 20.8 Å². The summed E-state index contributed by atoms with van der Waals surface area (Å²) < 4.78 is 12.2. The third-order valence-corrected chi connectivity index (χ3v) is 6.82. The number of halogens is 1. The normalized spacial score (nSPS) is 12.5. The predicted molar refractivity (Wildman–Crippen MR) is 147 cm³/mol. The lowest BCUT2D eigenvalue weighted by molar-refractivity contribution is -0.121. The first-order valence-electron chi connectivity index (χ1n) is 11.8. The Morgan fingerprint density at radius 2 is 1.73 bits per heavy atom. The van der Waals surface area contributed by atoms with Crippen LogP contribution >= 0.6 is 15.9 Å². The molecule has 0 aliphatic carbocycles. The van der Waals surface area contributed by atoms with Crippen molar-refractivity contribution in [3.63, 3.8) is 0 Å². The highest BCUT2D eigenvalue weighted by atomic mass is 79.9. The van der Waals surface area contributed by atoms with Crippen LogP contribution in [-0.4, -0.2) is 37.7 Å². The van der Waals surface area contributed by atoms with E-state index in [1.165, 1.54) is 0 Å². The van der Waals surface area contributed by atoms with Gasteiger partial charge in [-0.05, 0) is 35.4 Å². The number of aromatic amines is 1. The van der Waals surface area contributed by atoms with E-state index in [0.29, 0.717) is 18.0 Å². The summed E-state index contributed by atoms with van der Waals surface area (Å²) in [4.78, 5) is 28.1. The van der Waals surface area contributed by atoms with Crippen molar-refractivity contribution in [3.8, 4) is 11.5 Å². The quantitative estimate of drug-likeness (QED) is 0.217. The van der Waals surface area contributed by atoms with E-state index in [-0.39, 0.29) is 18.2 Å². The molecular weight excluding hydrogens is 536 g/mol. The number of H-pyrrole nitrogens is 1. The zero-order chi connectivity index (χ0) is 26.4. The van der Waals surface area contributed by atoms with Gasteiger partial charge in [-0.1, -0.05) is 58.4 Å². The molecule has 1 aromatic heterocycles. The number of hydrogen-bond donors (Lipinski definition) is 4. The number of ether oxygens (including phenoxy) is 2. The van der Waals surface area contributed by atoms with Gasteiger partial charge in [-0.3, -0.25) is 4.79 Å². The van der Waals surface area contributed by atoms with Crippen molar-refractivity contribution < 1.29 is 19.1 Å². The molecule has 0 fully saturated rings. The number of nitrogens with two attached hydrogens (primary N) is 1. The molecule has 0 aliphatic heterocycles. The number of benzene rings is 3. The Hall–Kier alpha value is -3.98. The van der Waals surface area contributed by atoms with Crippen molar-refractivity contribution >= 4 is 38.8 Å². The summed E-state index contributed by atoms with van der Waals surface area (Å²) in [5.41, 5.74) is 9.06. The third kappa shape index (κ3) is 6.06. The van der Waals surface area contributed by atoms with Crippen molar-refractivity contribution in [3.05, 3.63) is 94.1 Å². The molecule has 0 saturated heterocycles. The zero-order valence-electron chi connectivity index (χ0n) is 20.6. The van der Waals surface area contributed by atoms with E-state index in [9.17, 15) is 9.59 Å². The van der Waals surface area contributed by atoms with Gasteiger partial charge in [0.15, 0.2) is 11.5 Å². The molecule has 3 amide bonds. The summed E-state index contributed by atoms with van der Waals surface area (Å²) in [6, 6.07) is 19.8. The van der Waals surface area contributed by atoms with E-state index >= 15 is 0 Å². The molecule has 0 spiro atoms. The highest BCUT2D eigenvalue weighted by molar-refractivity contribution is 9.10. The van der Waals surface area contributed by atoms with Crippen LogP contribution in [-0.2, 0) is 4.79 Å². The molecule has 4 aromatic rings. The number of aromatic nitrogens is 1. The fourth-order valence-electron chi connectivity index (χ4n) is 4.55. The van der Waals surface area contributed by atoms with Crippen molar-refractivity contribution in [2.24, 2.45) is 5.73 Å². The third-order valence-electron chi connectivity index (χ3n) is 6.29. The molecule has 9 heteroatoms. The van der Waals surface area contributed by atoms with E-state index < -0.39 is 12.1 Å². The number of rotatable bonds is 10. The van der Waals surface area contributed by atoms with Crippen LogP contribution in [0.1, 0.15) is 35.1 Å². The maximum absolute atomic E-state index is 13.1. The molecule has 0 bridgehead atoms. The average molecular weight is 565 g/mol. The number of hydrogen-bond acceptors (Lipinski definition) is 4. The maximum Gasteiger partial charge on any atom is 0.312 e. The van der Waals surface area contributed by atoms with Crippen LogP contribution in [0.15, 0.2) is 77.4 Å². The number of para-hydroxylation sites is 2. The molecule has 0 saturated carbocycles. The molecule has 37 heavy (non-hydrogen) atoms. The second-order valence-electron chi connectivity index (χ2n) is 8.55. The SMILES string of the molecule is COc1cccc([C@@H](CNC(=O)C[C@H](NC(N)=O)c2ccc(Br)cc2)c2c[nH]c3ccccc23)c1OC. The number of amides is 3. The Bertz CT molecular complexity index is 1390. The van der Waals surface area contributed by atoms with Crippen molar-refractivity contribution in [1.82, 2.24) is 15.6 Å². The Kier molecular flexibility index (Phi) is 8.35. The standard InChI is InChI=1S/C28H29BrN4O4/c1-36-25-9-5-7-20(27(25)37-2)22(21-15-31-23-8-4-3-6-19(21)23)16-32-26(34)14-24(33-28(30)35)17-10-12-18(29)13-11-17/h3-13,15,22,24,31H,14,16H2,1-2H3,(H,32,34)(H3,30,33,35)/t22-,24+/m1/s1. The first-order chi connectivity index (χ1) is 17.9. The van der Waals surface area contributed by atoms with Gasteiger partial charge in [-0.25, -0.2) is 4.79 Å². The van der Waals surface area contributed by atoms with Crippen LogP contribution in [0, 0.1) is 0 Å². The molecule has 3 aromatic carbocycles. The van der Waals surface area contributed by atoms with Gasteiger partial charge in [0.1, 0.15) is 0 Å². The Labute approximate surface area is 223 Å². The summed E-state index contributed by atoms with van der Waals surface area (Å²) in [5, 5.41) is 6.78. The van der Waals surface area contributed by atoms with Crippen molar-refractivity contribution in [2.45, 2.75) is 18.4 Å². The lowest BCUT2D eigenvalue weighted by Crippen LogP contribution is -2.37. The van der Waals surface area contributed by atoms with Gasteiger partial charge >= 0.3 is 6.03 Å². The second kappa shape index (κ2) is 11.8. The molecule has 0 aliphatic rings. The molecule has 4 rings (SSSR count). The molecule has 1 heterocycles. The Balaban J connectivity index is 1.62. The van der Waals surface area contributed by atoms with Crippen molar-refractivity contribution in [1.29, 1.82) is 0 Å². The van der Waals surface area contributed by atoms with Crippen LogP contribution < -0.4 is 25.8 Å². The molecule has 2 atom stereocenters. The number of methoxy groups -OCH3 is 2. The zero-order valence-corrected chi connectivity index (χ0v) is 22.2. The summed E-state index contributed by atoms with van der Waals surface area (Å²) >= 11 is 3.40. The van der Waals surface area contributed by atoms with Crippen LogP contribution in [0.25, 0.3) is 10.9 Å². The van der Waals surface area contributed by atoms with Crippen LogP contribution in [0.3, 0.4) is 0 Å². The second-order valence-corrected chi connectivity index (χ2v) is 9.46. The maximum atomic E-state index is 13.1. The van der Waals surface area contributed by atoms with Gasteiger partial charge in [0.25, 0.3) is 0 Å². The topological polar surface area (TPSA) is 118 Å². The number of fused-ring (bicyclic) bond motifs is 1. The molecule has 5 N–H and O–H groups in total. The fraction of sp³-hybridized carbons (Fsp3) is 0.214. The highest BCUT2D eigenvalue weighted by Gasteiger charge is 2.25. The first kappa shape index (κ1) is 26.1. The summed E-state index contributed by atoms with van der Waals surface area (Å²) in [7, 11) is 3.20. The first-order valence-corrected chi connectivity index (χ1v) is 12.6. The predicted octanol–water partition coefficient (Wildman–Crippen LogP) is 5.00. The van der Waals surface area contributed by atoms with Crippen LogP contribution in [0.5, 0.6) is 11.5 Å². The number of primary amides is 1. The summed E-state index contributed by atoms with van der Waals surface area (Å²) in [5.74, 6) is 0.753. The smallest absolute Gasteiger partial charge is 0.312 e. The number of nitrogens with one attached hydrogen (secondary N) is 3. The van der Waals surface area contributed by atoms with Gasteiger partial charge in [-0.15, -0.1) is 0 Å². The minimum atomic E-state index is -0.696. The van der Waals surface area contributed by atoms with Gasteiger partial charge in [0.2, 0.25) is 5.91 Å². The monoisotopic (exact) mass is 564 g/mol. The molecule has 0 unspecified atom stereocenters. The van der Waals surface area contributed by atoms with Gasteiger partial charge in [0.05, 0.1) is 26.7 Å².